The van der Waals surface area contributed by atoms with E-state index < -0.39 is 0 Å². The Morgan fingerprint density at radius 1 is 1.50 bits per heavy atom. The third-order valence-corrected chi connectivity index (χ3v) is 1.64. The van der Waals surface area contributed by atoms with Crippen LogP contribution in [0.1, 0.15) is 5.82 Å². The molecule has 0 aliphatic rings. The van der Waals surface area contributed by atoms with Gasteiger partial charge < -0.3 is 5.73 Å². The van der Waals surface area contributed by atoms with Gasteiger partial charge in [-0.3, -0.25) is 4.40 Å². The topological polar surface area (TPSA) is 56.2 Å². The summed E-state index contributed by atoms with van der Waals surface area (Å²) in [4.78, 5) is 0. The van der Waals surface area contributed by atoms with E-state index in [9.17, 15) is 4.39 Å². The SMILES string of the molecule is NCc1nnc2c(F)cccn12. The van der Waals surface area contributed by atoms with Crippen LogP contribution in [0.3, 0.4) is 0 Å². The monoisotopic (exact) mass is 166 g/mol. The molecular weight excluding hydrogens is 159 g/mol. The van der Waals surface area contributed by atoms with E-state index in [0.29, 0.717) is 5.82 Å². The highest BCUT2D eigenvalue weighted by molar-refractivity contribution is 5.39. The summed E-state index contributed by atoms with van der Waals surface area (Å²) in [6, 6.07) is 2.93. The van der Waals surface area contributed by atoms with Gasteiger partial charge in [-0.1, -0.05) is 0 Å². The van der Waals surface area contributed by atoms with Crippen molar-refractivity contribution in [3.05, 3.63) is 30.0 Å². The molecule has 0 radical (unpaired) electrons. The van der Waals surface area contributed by atoms with Crippen LogP contribution >= 0.6 is 0 Å². The Balaban J connectivity index is 2.80. The molecule has 0 bridgehead atoms. The highest BCUT2D eigenvalue weighted by atomic mass is 19.1. The fourth-order valence-corrected chi connectivity index (χ4v) is 1.07. The van der Waals surface area contributed by atoms with Gasteiger partial charge in [-0.05, 0) is 12.1 Å². The number of nitrogens with two attached hydrogens (primary N) is 1. The molecule has 0 saturated carbocycles. The second-order valence-corrected chi connectivity index (χ2v) is 2.37. The fraction of sp³-hybridized carbons (Fsp3) is 0.143. The molecule has 2 aromatic rings. The summed E-state index contributed by atoms with van der Waals surface area (Å²) >= 11 is 0. The summed E-state index contributed by atoms with van der Waals surface area (Å²) in [6.07, 6.45) is 1.68. The number of fused-ring (bicyclic) bond motifs is 1. The Labute approximate surface area is 67.8 Å². The summed E-state index contributed by atoms with van der Waals surface area (Å²) in [5.41, 5.74) is 5.58. The average Bonchev–Trinajstić information content (AvgIpc) is 2.49. The minimum Gasteiger partial charge on any atom is -0.324 e. The van der Waals surface area contributed by atoms with Crippen molar-refractivity contribution in [1.82, 2.24) is 14.6 Å². The number of pyridine rings is 1. The molecule has 2 heterocycles. The first-order chi connectivity index (χ1) is 5.83. The Bertz CT molecular complexity index is 409. The predicted octanol–water partition coefficient (Wildman–Crippen LogP) is 0.327. The van der Waals surface area contributed by atoms with Crippen molar-refractivity contribution >= 4 is 5.65 Å². The minimum absolute atomic E-state index is 0.220. The van der Waals surface area contributed by atoms with E-state index in [0.717, 1.165) is 0 Å². The normalized spacial score (nSPS) is 10.8. The van der Waals surface area contributed by atoms with Crippen LogP contribution in [-0.2, 0) is 6.54 Å². The second-order valence-electron chi connectivity index (χ2n) is 2.37. The average molecular weight is 166 g/mol. The van der Waals surface area contributed by atoms with Gasteiger partial charge in [0.25, 0.3) is 0 Å². The lowest BCUT2D eigenvalue weighted by atomic mass is 10.4. The lowest BCUT2D eigenvalue weighted by Crippen LogP contribution is -2.02. The third kappa shape index (κ3) is 0.868. The van der Waals surface area contributed by atoms with Gasteiger partial charge in [-0.2, -0.15) is 0 Å². The molecule has 2 aromatic heterocycles. The highest BCUT2D eigenvalue weighted by Gasteiger charge is 2.05. The van der Waals surface area contributed by atoms with Crippen LogP contribution in [0.5, 0.6) is 0 Å². The van der Waals surface area contributed by atoms with Gasteiger partial charge in [0.1, 0.15) is 0 Å². The fourth-order valence-electron chi connectivity index (χ4n) is 1.07. The minimum atomic E-state index is -0.385. The molecule has 0 unspecified atom stereocenters. The van der Waals surface area contributed by atoms with Gasteiger partial charge in [-0.15, -0.1) is 10.2 Å². The molecule has 0 aromatic carbocycles. The van der Waals surface area contributed by atoms with Crippen LogP contribution in [0, 0.1) is 5.82 Å². The molecule has 0 aliphatic heterocycles. The number of rotatable bonds is 1. The zero-order chi connectivity index (χ0) is 8.55. The van der Waals surface area contributed by atoms with Gasteiger partial charge in [-0.25, -0.2) is 4.39 Å². The molecule has 0 spiro atoms. The first kappa shape index (κ1) is 7.17. The maximum Gasteiger partial charge on any atom is 0.196 e. The molecule has 0 amide bonds. The zero-order valence-corrected chi connectivity index (χ0v) is 6.24. The quantitative estimate of drug-likeness (QED) is 0.664. The lowest BCUT2D eigenvalue weighted by Gasteiger charge is -1.94. The molecule has 2 rings (SSSR count). The van der Waals surface area contributed by atoms with E-state index in [2.05, 4.69) is 10.2 Å². The van der Waals surface area contributed by atoms with E-state index in [-0.39, 0.29) is 18.0 Å². The Hall–Kier alpha value is -1.49. The van der Waals surface area contributed by atoms with Gasteiger partial charge in [0.15, 0.2) is 17.3 Å². The smallest absolute Gasteiger partial charge is 0.196 e. The van der Waals surface area contributed by atoms with E-state index in [1.165, 1.54) is 10.5 Å². The van der Waals surface area contributed by atoms with Gasteiger partial charge >= 0.3 is 0 Å². The molecule has 62 valence electrons. The Kier molecular flexibility index (Phi) is 1.51. The van der Waals surface area contributed by atoms with Crippen LogP contribution in [0.4, 0.5) is 4.39 Å². The van der Waals surface area contributed by atoms with Crippen molar-refractivity contribution < 1.29 is 4.39 Å². The largest absolute Gasteiger partial charge is 0.324 e. The summed E-state index contributed by atoms with van der Waals surface area (Å²) in [6.45, 7) is 0.255. The standard InChI is InChI=1S/C7H7FN4/c8-5-2-1-3-12-6(4-9)10-11-7(5)12/h1-3H,4,9H2. The Morgan fingerprint density at radius 2 is 2.33 bits per heavy atom. The Morgan fingerprint density at radius 3 is 3.08 bits per heavy atom. The van der Waals surface area contributed by atoms with E-state index in [1.807, 2.05) is 0 Å². The number of hydrogen-bond acceptors (Lipinski definition) is 3. The molecule has 0 atom stereocenters. The van der Waals surface area contributed by atoms with Crippen molar-refractivity contribution in [2.45, 2.75) is 6.54 Å². The van der Waals surface area contributed by atoms with Crippen LogP contribution in [0.2, 0.25) is 0 Å². The van der Waals surface area contributed by atoms with E-state index in [4.69, 9.17) is 5.73 Å². The maximum atomic E-state index is 13.0. The summed E-state index contributed by atoms with van der Waals surface area (Å²) in [7, 11) is 0. The molecule has 0 fully saturated rings. The third-order valence-electron chi connectivity index (χ3n) is 1.64. The van der Waals surface area contributed by atoms with Crippen LogP contribution in [-0.4, -0.2) is 14.6 Å². The summed E-state index contributed by atoms with van der Waals surface area (Å²) in [5.74, 6) is 0.175. The van der Waals surface area contributed by atoms with Crippen LogP contribution in [0.25, 0.3) is 5.65 Å². The van der Waals surface area contributed by atoms with Crippen molar-refractivity contribution in [3.63, 3.8) is 0 Å². The lowest BCUT2D eigenvalue weighted by molar-refractivity contribution is 0.629. The second kappa shape index (κ2) is 2.53. The molecule has 2 N–H and O–H groups in total. The molecular formula is C7H7FN4. The van der Waals surface area contributed by atoms with Crippen molar-refractivity contribution in [3.8, 4) is 0 Å². The predicted molar refractivity (Wildman–Crippen MR) is 40.8 cm³/mol. The first-order valence-corrected chi connectivity index (χ1v) is 3.51. The molecule has 12 heavy (non-hydrogen) atoms. The molecule has 0 saturated heterocycles. The summed E-state index contributed by atoms with van der Waals surface area (Å²) < 4.78 is 14.5. The molecule has 5 heteroatoms. The maximum absolute atomic E-state index is 13.0. The highest BCUT2D eigenvalue weighted by Crippen LogP contribution is 2.06. The van der Waals surface area contributed by atoms with Gasteiger partial charge in [0.2, 0.25) is 0 Å². The van der Waals surface area contributed by atoms with Crippen molar-refractivity contribution in [2.24, 2.45) is 5.73 Å². The van der Waals surface area contributed by atoms with Crippen molar-refractivity contribution in [1.29, 1.82) is 0 Å². The molecule has 4 nitrogen and oxygen atoms in total. The summed E-state index contributed by atoms with van der Waals surface area (Å²) in [5, 5.41) is 7.37. The first-order valence-electron chi connectivity index (χ1n) is 3.51. The van der Waals surface area contributed by atoms with Crippen LogP contribution in [0.15, 0.2) is 18.3 Å². The molecule has 0 aliphatic carbocycles. The number of aromatic nitrogens is 3. The van der Waals surface area contributed by atoms with Gasteiger partial charge in [0, 0.05) is 6.20 Å². The van der Waals surface area contributed by atoms with E-state index in [1.54, 1.807) is 12.3 Å². The van der Waals surface area contributed by atoms with E-state index >= 15 is 0 Å². The van der Waals surface area contributed by atoms with Gasteiger partial charge in [0.05, 0.1) is 6.54 Å². The number of nitrogens with zero attached hydrogens (tertiary/aromatic N) is 3. The number of hydrogen-bond donors (Lipinski definition) is 1. The number of halogens is 1. The van der Waals surface area contributed by atoms with Crippen LogP contribution < -0.4 is 5.73 Å². The zero-order valence-electron chi connectivity index (χ0n) is 6.24. The van der Waals surface area contributed by atoms with Crippen molar-refractivity contribution in [2.75, 3.05) is 0 Å².